The largest absolute Gasteiger partial charge is 0.466 e. The van der Waals surface area contributed by atoms with Gasteiger partial charge in [-0.15, -0.1) is 0 Å². The van der Waals surface area contributed by atoms with E-state index in [0.717, 1.165) is 38.2 Å². The monoisotopic (exact) mass is 312 g/mol. The van der Waals surface area contributed by atoms with Gasteiger partial charge in [-0.2, -0.15) is 0 Å². The maximum absolute atomic E-state index is 11.4. The second kappa shape index (κ2) is 14.3. The standard InChI is InChI=1S/C17H28O5/c1-3-16(19)21-13-9-10-14-22-17(20)12-8-6-4-5-7-11-15(2)18/h3H,1,4-14H2,2H3. The summed E-state index contributed by atoms with van der Waals surface area (Å²) in [6.45, 7) is 5.60. The summed E-state index contributed by atoms with van der Waals surface area (Å²) in [5, 5.41) is 0. The topological polar surface area (TPSA) is 69.7 Å². The van der Waals surface area contributed by atoms with Gasteiger partial charge in [0.15, 0.2) is 0 Å². The van der Waals surface area contributed by atoms with Gasteiger partial charge >= 0.3 is 11.9 Å². The van der Waals surface area contributed by atoms with Crippen molar-refractivity contribution in [2.24, 2.45) is 0 Å². The Morgan fingerprint density at radius 2 is 1.36 bits per heavy atom. The molecule has 0 spiro atoms. The normalized spacial score (nSPS) is 10.0. The van der Waals surface area contributed by atoms with Crippen LogP contribution in [0.3, 0.4) is 0 Å². The van der Waals surface area contributed by atoms with Gasteiger partial charge in [0.2, 0.25) is 0 Å². The summed E-state index contributed by atoms with van der Waals surface area (Å²) in [5.74, 6) is -0.366. The fourth-order valence-electron chi connectivity index (χ4n) is 1.87. The average Bonchev–Trinajstić information content (AvgIpc) is 2.49. The quantitative estimate of drug-likeness (QED) is 0.279. The third-order valence-electron chi connectivity index (χ3n) is 3.12. The van der Waals surface area contributed by atoms with Crippen molar-refractivity contribution in [3.8, 4) is 0 Å². The molecule has 0 unspecified atom stereocenters. The lowest BCUT2D eigenvalue weighted by atomic mass is 10.1. The van der Waals surface area contributed by atoms with E-state index in [9.17, 15) is 14.4 Å². The number of hydrogen-bond donors (Lipinski definition) is 0. The number of hydrogen-bond acceptors (Lipinski definition) is 5. The Bertz CT molecular complexity index is 349. The lowest BCUT2D eigenvalue weighted by Gasteiger charge is -2.05. The first-order chi connectivity index (χ1) is 10.6. The van der Waals surface area contributed by atoms with Crippen LogP contribution in [0.2, 0.25) is 0 Å². The molecule has 22 heavy (non-hydrogen) atoms. The van der Waals surface area contributed by atoms with Gasteiger partial charge in [-0.3, -0.25) is 4.79 Å². The maximum Gasteiger partial charge on any atom is 0.330 e. The van der Waals surface area contributed by atoms with Crippen LogP contribution < -0.4 is 0 Å². The van der Waals surface area contributed by atoms with Crippen molar-refractivity contribution in [2.45, 2.75) is 64.7 Å². The molecule has 0 atom stereocenters. The van der Waals surface area contributed by atoms with Gasteiger partial charge in [0.05, 0.1) is 13.2 Å². The highest BCUT2D eigenvalue weighted by Gasteiger charge is 2.03. The molecule has 0 fully saturated rings. The summed E-state index contributed by atoms with van der Waals surface area (Å²) >= 11 is 0. The number of carbonyl (C=O) groups is 3. The zero-order valence-corrected chi connectivity index (χ0v) is 13.6. The molecule has 0 bridgehead atoms. The predicted molar refractivity (Wildman–Crippen MR) is 84.3 cm³/mol. The zero-order chi connectivity index (χ0) is 16.6. The third kappa shape index (κ3) is 14.8. The van der Waals surface area contributed by atoms with E-state index >= 15 is 0 Å². The summed E-state index contributed by atoms with van der Waals surface area (Å²) in [5.41, 5.74) is 0. The Morgan fingerprint density at radius 3 is 1.95 bits per heavy atom. The van der Waals surface area contributed by atoms with Crippen molar-refractivity contribution in [2.75, 3.05) is 13.2 Å². The van der Waals surface area contributed by atoms with E-state index in [0.29, 0.717) is 38.9 Å². The molecule has 5 nitrogen and oxygen atoms in total. The lowest BCUT2D eigenvalue weighted by molar-refractivity contribution is -0.144. The van der Waals surface area contributed by atoms with Crippen molar-refractivity contribution in [1.82, 2.24) is 0 Å². The predicted octanol–water partition coefficient (Wildman–Crippen LogP) is 3.36. The van der Waals surface area contributed by atoms with Crippen molar-refractivity contribution < 1.29 is 23.9 Å². The van der Waals surface area contributed by atoms with Gasteiger partial charge in [-0.1, -0.05) is 25.8 Å². The minimum absolute atomic E-state index is 0.174. The van der Waals surface area contributed by atoms with Crippen LogP contribution in [0, 0.1) is 0 Å². The van der Waals surface area contributed by atoms with Crippen molar-refractivity contribution in [3.05, 3.63) is 12.7 Å². The van der Waals surface area contributed by atoms with Crippen LogP contribution in [0.25, 0.3) is 0 Å². The first kappa shape index (κ1) is 20.3. The molecular formula is C17H28O5. The minimum atomic E-state index is -0.430. The smallest absolute Gasteiger partial charge is 0.330 e. The SMILES string of the molecule is C=CC(=O)OCCCCOC(=O)CCCCCCCC(C)=O. The molecule has 0 amide bonds. The summed E-state index contributed by atoms with van der Waals surface area (Å²) in [6.07, 6.45) is 8.43. The van der Waals surface area contributed by atoms with E-state index in [1.807, 2.05) is 0 Å². The highest BCUT2D eigenvalue weighted by atomic mass is 16.5. The molecule has 0 aliphatic rings. The molecule has 0 radical (unpaired) electrons. The maximum atomic E-state index is 11.4. The Morgan fingerprint density at radius 1 is 0.818 bits per heavy atom. The number of rotatable bonds is 14. The molecule has 0 aromatic rings. The number of esters is 2. The van der Waals surface area contributed by atoms with Crippen LogP contribution in [0.4, 0.5) is 0 Å². The molecule has 0 saturated heterocycles. The lowest BCUT2D eigenvalue weighted by Crippen LogP contribution is -2.07. The van der Waals surface area contributed by atoms with Crippen LogP contribution in [0.15, 0.2) is 12.7 Å². The fraction of sp³-hybridized carbons (Fsp3) is 0.706. The van der Waals surface area contributed by atoms with Gasteiger partial charge in [-0.25, -0.2) is 4.79 Å². The first-order valence-electron chi connectivity index (χ1n) is 8.00. The number of Topliss-reactive ketones (excluding diaryl/α,β-unsaturated/α-hetero) is 1. The molecule has 0 aromatic heterocycles. The van der Waals surface area contributed by atoms with E-state index in [-0.39, 0.29) is 11.8 Å². The molecule has 0 aliphatic carbocycles. The molecular weight excluding hydrogens is 284 g/mol. The summed E-state index contributed by atoms with van der Waals surface area (Å²) < 4.78 is 9.90. The molecule has 0 aromatic carbocycles. The summed E-state index contributed by atoms with van der Waals surface area (Å²) in [4.78, 5) is 32.9. The van der Waals surface area contributed by atoms with Crippen molar-refractivity contribution in [3.63, 3.8) is 0 Å². The van der Waals surface area contributed by atoms with Gasteiger partial charge < -0.3 is 14.3 Å². The van der Waals surface area contributed by atoms with Gasteiger partial charge in [0, 0.05) is 18.9 Å². The Hall–Kier alpha value is -1.65. The van der Waals surface area contributed by atoms with Crippen molar-refractivity contribution >= 4 is 17.7 Å². The first-order valence-corrected chi connectivity index (χ1v) is 8.00. The van der Waals surface area contributed by atoms with Crippen LogP contribution in [-0.2, 0) is 23.9 Å². The fourth-order valence-corrected chi connectivity index (χ4v) is 1.87. The Balaban J connectivity index is 3.27. The van der Waals surface area contributed by atoms with Crippen molar-refractivity contribution in [1.29, 1.82) is 0 Å². The molecule has 0 rings (SSSR count). The number of ketones is 1. The molecule has 0 heterocycles. The van der Waals surface area contributed by atoms with Gasteiger partial charge in [0.1, 0.15) is 5.78 Å². The van der Waals surface area contributed by atoms with Crippen LogP contribution >= 0.6 is 0 Å². The van der Waals surface area contributed by atoms with Crippen LogP contribution in [0.1, 0.15) is 64.7 Å². The Labute approximate surface area is 133 Å². The molecule has 0 saturated carbocycles. The number of unbranched alkanes of at least 4 members (excludes halogenated alkanes) is 5. The third-order valence-corrected chi connectivity index (χ3v) is 3.12. The average molecular weight is 312 g/mol. The molecule has 5 heteroatoms. The van der Waals surface area contributed by atoms with E-state index in [2.05, 4.69) is 6.58 Å². The zero-order valence-electron chi connectivity index (χ0n) is 13.6. The second-order valence-electron chi connectivity index (χ2n) is 5.27. The van der Waals surface area contributed by atoms with E-state index in [1.54, 1.807) is 6.92 Å². The number of ether oxygens (including phenoxy) is 2. The Kier molecular flexibility index (Phi) is 13.2. The highest BCUT2D eigenvalue weighted by Crippen LogP contribution is 2.08. The molecule has 0 aliphatic heterocycles. The summed E-state index contributed by atoms with van der Waals surface area (Å²) in [6, 6.07) is 0. The van der Waals surface area contributed by atoms with E-state index in [4.69, 9.17) is 9.47 Å². The second-order valence-corrected chi connectivity index (χ2v) is 5.27. The van der Waals surface area contributed by atoms with Gasteiger partial charge in [0.25, 0.3) is 0 Å². The van der Waals surface area contributed by atoms with Crippen LogP contribution in [-0.4, -0.2) is 30.9 Å². The van der Waals surface area contributed by atoms with Gasteiger partial charge in [-0.05, 0) is 32.6 Å². The van der Waals surface area contributed by atoms with Crippen LogP contribution in [0.5, 0.6) is 0 Å². The molecule has 126 valence electrons. The minimum Gasteiger partial charge on any atom is -0.466 e. The van der Waals surface area contributed by atoms with E-state index < -0.39 is 5.97 Å². The van der Waals surface area contributed by atoms with E-state index in [1.165, 1.54) is 0 Å². The number of carbonyl (C=O) groups excluding carboxylic acids is 3. The summed E-state index contributed by atoms with van der Waals surface area (Å²) in [7, 11) is 0. The molecule has 0 N–H and O–H groups in total. The highest BCUT2D eigenvalue weighted by molar-refractivity contribution is 5.81.